The molecule has 0 aromatic heterocycles. The van der Waals surface area contributed by atoms with Gasteiger partial charge in [-0.15, -0.1) is 0 Å². The van der Waals surface area contributed by atoms with Gasteiger partial charge in [-0.2, -0.15) is 0 Å². The Morgan fingerprint density at radius 3 is 2.57 bits per heavy atom. The molecule has 0 unspecified atom stereocenters. The standard InChI is InChI=1S/C4H8N2.ClH/c1-6-3-2-5-4-6;/h4H,2-3H2,1H3;1H. The van der Waals surface area contributed by atoms with Gasteiger partial charge in [0.05, 0.1) is 7.05 Å². The van der Waals surface area contributed by atoms with Crippen LogP contribution in [-0.2, 0) is 0 Å². The summed E-state index contributed by atoms with van der Waals surface area (Å²) >= 11 is 0. The van der Waals surface area contributed by atoms with Crippen molar-refractivity contribution in [2.75, 3.05) is 20.1 Å². The van der Waals surface area contributed by atoms with Crippen molar-refractivity contribution in [3.8, 4) is 0 Å². The minimum atomic E-state index is 0. The van der Waals surface area contributed by atoms with Crippen LogP contribution in [0.2, 0.25) is 0 Å². The molecule has 0 bridgehead atoms. The highest BCUT2D eigenvalue weighted by molar-refractivity contribution is 5.48. The Labute approximate surface area is 49.6 Å². The molecule has 0 aromatic rings. The predicted octanol–water partition coefficient (Wildman–Crippen LogP) is -3.74. The van der Waals surface area contributed by atoms with E-state index in [-0.39, 0.29) is 12.4 Å². The largest absolute Gasteiger partial charge is 1.00 e. The zero-order chi connectivity index (χ0) is 4.41. The molecule has 1 heterocycles. The third-order valence-corrected chi connectivity index (χ3v) is 0.921. The van der Waals surface area contributed by atoms with Gasteiger partial charge in [0.2, 0.25) is 6.34 Å². The van der Waals surface area contributed by atoms with Crippen molar-refractivity contribution in [1.29, 1.82) is 0 Å². The Hall–Kier alpha value is -0.240. The first-order chi connectivity index (χ1) is 2.89. The zero-order valence-corrected chi connectivity index (χ0v) is 5.07. The predicted molar refractivity (Wildman–Crippen MR) is 25.1 cm³/mol. The second kappa shape index (κ2) is 2.86. The molecule has 1 N–H and O–H groups in total. The van der Waals surface area contributed by atoms with Crippen LogP contribution in [0.1, 0.15) is 0 Å². The SMILES string of the molecule is C[N+]1=CNCC1.[Cl-]. The highest BCUT2D eigenvalue weighted by Crippen LogP contribution is 1.68. The third kappa shape index (κ3) is 1.78. The smallest absolute Gasteiger partial charge is 0.232 e. The maximum Gasteiger partial charge on any atom is 0.232 e. The lowest BCUT2D eigenvalue weighted by Crippen LogP contribution is -3.00. The molecule has 0 aliphatic carbocycles. The minimum Gasteiger partial charge on any atom is -1.00 e. The van der Waals surface area contributed by atoms with E-state index in [9.17, 15) is 0 Å². The summed E-state index contributed by atoms with van der Waals surface area (Å²) in [5, 5.41) is 3.07. The Kier molecular flexibility index (Phi) is 2.76. The molecular formula is C4H9ClN2. The maximum atomic E-state index is 3.07. The van der Waals surface area contributed by atoms with Gasteiger partial charge in [0.25, 0.3) is 0 Å². The summed E-state index contributed by atoms with van der Waals surface area (Å²) in [7, 11) is 2.06. The summed E-state index contributed by atoms with van der Waals surface area (Å²) < 4.78 is 2.12. The van der Waals surface area contributed by atoms with Crippen molar-refractivity contribution in [1.82, 2.24) is 5.32 Å². The Balaban J connectivity index is 0.000000360. The van der Waals surface area contributed by atoms with Gasteiger partial charge in [-0.05, 0) is 0 Å². The van der Waals surface area contributed by atoms with E-state index in [0.29, 0.717) is 0 Å². The molecule has 42 valence electrons. The fourth-order valence-electron chi connectivity index (χ4n) is 0.526. The summed E-state index contributed by atoms with van der Waals surface area (Å²) in [6.45, 7) is 2.26. The topological polar surface area (TPSA) is 15.0 Å². The van der Waals surface area contributed by atoms with Crippen LogP contribution in [-0.4, -0.2) is 31.1 Å². The maximum absolute atomic E-state index is 3.07. The van der Waals surface area contributed by atoms with Crippen LogP contribution < -0.4 is 17.7 Å². The van der Waals surface area contributed by atoms with E-state index in [1.807, 2.05) is 6.34 Å². The van der Waals surface area contributed by atoms with Gasteiger partial charge in [0, 0.05) is 0 Å². The van der Waals surface area contributed by atoms with Crippen molar-refractivity contribution in [2.45, 2.75) is 0 Å². The normalized spacial score (nSPS) is 17.0. The number of rotatable bonds is 0. The lowest BCUT2D eigenvalue weighted by molar-refractivity contribution is -0.481. The van der Waals surface area contributed by atoms with Gasteiger partial charge in [0.15, 0.2) is 0 Å². The van der Waals surface area contributed by atoms with E-state index >= 15 is 0 Å². The summed E-state index contributed by atoms with van der Waals surface area (Å²) in [4.78, 5) is 0. The van der Waals surface area contributed by atoms with E-state index < -0.39 is 0 Å². The molecule has 0 atom stereocenters. The second-order valence-corrected chi connectivity index (χ2v) is 1.56. The zero-order valence-electron chi connectivity index (χ0n) is 4.32. The Bertz CT molecular complexity index is 79.8. The fourth-order valence-corrected chi connectivity index (χ4v) is 0.526. The summed E-state index contributed by atoms with van der Waals surface area (Å²) in [5.74, 6) is 0. The summed E-state index contributed by atoms with van der Waals surface area (Å²) in [6, 6.07) is 0. The van der Waals surface area contributed by atoms with Gasteiger partial charge in [-0.3, -0.25) is 9.89 Å². The van der Waals surface area contributed by atoms with Gasteiger partial charge in [-0.1, -0.05) is 0 Å². The third-order valence-electron chi connectivity index (χ3n) is 0.921. The van der Waals surface area contributed by atoms with Crippen LogP contribution in [0.4, 0.5) is 0 Å². The molecule has 7 heavy (non-hydrogen) atoms. The van der Waals surface area contributed by atoms with Crippen molar-refractivity contribution >= 4 is 6.34 Å². The van der Waals surface area contributed by atoms with Gasteiger partial charge in [0.1, 0.15) is 13.1 Å². The molecule has 0 spiro atoms. The van der Waals surface area contributed by atoms with E-state index in [1.165, 1.54) is 0 Å². The van der Waals surface area contributed by atoms with Crippen LogP contribution in [0.25, 0.3) is 0 Å². The summed E-state index contributed by atoms with van der Waals surface area (Å²) in [5.41, 5.74) is 0. The van der Waals surface area contributed by atoms with Crippen molar-refractivity contribution in [3.63, 3.8) is 0 Å². The van der Waals surface area contributed by atoms with Crippen LogP contribution >= 0.6 is 0 Å². The van der Waals surface area contributed by atoms with E-state index in [1.54, 1.807) is 0 Å². The number of hydrogen-bond donors (Lipinski definition) is 1. The molecule has 0 saturated carbocycles. The molecule has 0 radical (unpaired) electrons. The molecule has 1 aliphatic heterocycles. The lowest BCUT2D eigenvalue weighted by atomic mass is 10.7. The molecule has 0 aromatic carbocycles. The van der Waals surface area contributed by atoms with Crippen molar-refractivity contribution < 1.29 is 17.0 Å². The Morgan fingerprint density at radius 1 is 1.71 bits per heavy atom. The second-order valence-electron chi connectivity index (χ2n) is 1.56. The van der Waals surface area contributed by atoms with E-state index in [0.717, 1.165) is 13.1 Å². The van der Waals surface area contributed by atoms with Crippen molar-refractivity contribution in [3.05, 3.63) is 0 Å². The van der Waals surface area contributed by atoms with Gasteiger partial charge >= 0.3 is 0 Å². The quantitative estimate of drug-likeness (QED) is 0.325. The highest BCUT2D eigenvalue weighted by atomic mass is 35.5. The number of likely N-dealkylation sites (N-methyl/N-ethyl adjacent to an activating group) is 1. The van der Waals surface area contributed by atoms with Crippen LogP contribution in [0, 0.1) is 0 Å². The fraction of sp³-hybridized carbons (Fsp3) is 0.750. The first kappa shape index (κ1) is 6.76. The molecule has 2 nitrogen and oxygen atoms in total. The first-order valence-electron chi connectivity index (χ1n) is 2.16. The van der Waals surface area contributed by atoms with E-state index in [2.05, 4.69) is 16.9 Å². The Morgan fingerprint density at radius 2 is 2.43 bits per heavy atom. The number of halogens is 1. The van der Waals surface area contributed by atoms with E-state index in [4.69, 9.17) is 0 Å². The minimum absolute atomic E-state index is 0. The van der Waals surface area contributed by atoms with Crippen molar-refractivity contribution in [2.24, 2.45) is 0 Å². The summed E-state index contributed by atoms with van der Waals surface area (Å²) in [6.07, 6.45) is 1.99. The average molecular weight is 121 g/mol. The molecule has 1 rings (SSSR count). The first-order valence-corrected chi connectivity index (χ1v) is 2.16. The van der Waals surface area contributed by atoms with Crippen LogP contribution in [0.3, 0.4) is 0 Å². The molecule has 0 fully saturated rings. The highest BCUT2D eigenvalue weighted by Gasteiger charge is 1.99. The monoisotopic (exact) mass is 120 g/mol. The molecular weight excluding hydrogens is 112 g/mol. The lowest BCUT2D eigenvalue weighted by Gasteiger charge is -1.78. The average Bonchev–Trinajstić information content (AvgIpc) is 1.86. The molecule has 1 aliphatic rings. The molecule has 0 amide bonds. The van der Waals surface area contributed by atoms with Crippen LogP contribution in [0.5, 0.6) is 0 Å². The molecule has 0 saturated heterocycles. The number of hydrogen-bond acceptors (Lipinski definition) is 1. The number of nitrogens with zero attached hydrogens (tertiary/aromatic N) is 1. The van der Waals surface area contributed by atoms with Crippen LogP contribution in [0.15, 0.2) is 0 Å². The number of nitrogens with one attached hydrogen (secondary N) is 1. The van der Waals surface area contributed by atoms with Gasteiger partial charge in [-0.25, -0.2) is 0 Å². The molecule has 3 heteroatoms. The van der Waals surface area contributed by atoms with Gasteiger partial charge < -0.3 is 12.4 Å².